The van der Waals surface area contributed by atoms with E-state index in [-0.39, 0.29) is 18.2 Å². The molecule has 24 nitrogen and oxygen atoms in total. The maximum absolute atomic E-state index is 13.0. The summed E-state index contributed by atoms with van der Waals surface area (Å²) in [4.78, 5) is -7.10. The fourth-order valence-corrected chi connectivity index (χ4v) is 7.57. The van der Waals surface area contributed by atoms with Gasteiger partial charge >= 0.3 is 20.2 Å². The van der Waals surface area contributed by atoms with Crippen molar-refractivity contribution in [3.63, 3.8) is 0 Å². The fourth-order valence-electron chi connectivity index (χ4n) is 3.20. The number of benzene rings is 3. The quantitative estimate of drug-likeness (QED) is 0.0744. The monoisotopic (exact) mass is 849 g/mol. The minimum Gasteiger partial charge on any atom is -0.282 e. The van der Waals surface area contributed by atoms with Gasteiger partial charge in [0.2, 0.25) is 0 Å². The number of rotatable bonds is 15. The van der Waals surface area contributed by atoms with Crippen LogP contribution in [0, 0.1) is 0 Å². The number of nitrogens with one attached hydrogen (secondary N) is 3. The van der Waals surface area contributed by atoms with E-state index in [2.05, 4.69) is 12.9 Å². The highest BCUT2D eigenvalue weighted by molar-refractivity contribution is 7.88. The van der Waals surface area contributed by atoms with E-state index in [1.807, 2.05) is 0 Å². The molecule has 0 spiro atoms. The SMILES string of the molecule is CS(=O)(=O)ONc1cc(S(=O)(=O)ONc2cc(S(=O)(=O)O)cc(S(=O)(=O)O)c2)cc(S(=O)(=O)ONc2cc(S(=O)(=O)O)cc(S(=O)(=O)O)c2)c1. The minimum atomic E-state index is -5.33. The van der Waals surface area contributed by atoms with Crippen LogP contribution in [-0.2, 0) is 83.7 Å². The molecule has 0 fully saturated rings. The molecule has 7 N–H and O–H groups in total. The Hall–Kier alpha value is -3.57. The first-order chi connectivity index (χ1) is 22.4. The van der Waals surface area contributed by atoms with E-state index in [1.165, 1.54) is 0 Å². The molecule has 0 aromatic heterocycles. The Labute approximate surface area is 283 Å². The topological polar surface area (TPSA) is 384 Å². The maximum atomic E-state index is 13.0. The van der Waals surface area contributed by atoms with E-state index >= 15 is 0 Å². The highest BCUT2D eigenvalue weighted by Crippen LogP contribution is 2.28. The van der Waals surface area contributed by atoms with Gasteiger partial charge in [-0.1, -0.05) is 0 Å². The molecule has 0 aliphatic heterocycles. The van der Waals surface area contributed by atoms with Crippen LogP contribution in [0.15, 0.2) is 84.0 Å². The lowest BCUT2D eigenvalue weighted by Crippen LogP contribution is -2.17. The second kappa shape index (κ2) is 13.9. The van der Waals surface area contributed by atoms with E-state index in [0.29, 0.717) is 42.7 Å². The summed E-state index contributed by atoms with van der Waals surface area (Å²) in [6, 6.07) is 3.63. The van der Waals surface area contributed by atoms with Crippen molar-refractivity contribution in [1.29, 1.82) is 0 Å². The molecule has 0 atom stereocenters. The lowest BCUT2D eigenvalue weighted by Gasteiger charge is -2.14. The Kier molecular flexibility index (Phi) is 11.3. The summed E-state index contributed by atoms with van der Waals surface area (Å²) in [6.45, 7) is 0. The van der Waals surface area contributed by atoms with Gasteiger partial charge in [-0.2, -0.15) is 63.2 Å². The van der Waals surface area contributed by atoms with Gasteiger partial charge in [0.1, 0.15) is 0 Å². The van der Waals surface area contributed by atoms with E-state index in [9.17, 15) is 77.1 Å². The normalized spacial score (nSPS) is 13.5. The molecule has 0 bridgehead atoms. The van der Waals surface area contributed by atoms with Gasteiger partial charge in [-0.3, -0.25) is 18.2 Å². The molecule has 31 heteroatoms. The Balaban J connectivity index is 2.06. The van der Waals surface area contributed by atoms with E-state index in [4.69, 9.17) is 0 Å². The summed E-state index contributed by atoms with van der Waals surface area (Å²) in [6.07, 6.45) is 0.515. The molecule has 3 aromatic rings. The van der Waals surface area contributed by atoms with Gasteiger partial charge in [0.25, 0.3) is 50.6 Å². The van der Waals surface area contributed by atoms with E-state index in [0.717, 1.165) is 0 Å². The Morgan fingerprint density at radius 3 is 0.840 bits per heavy atom. The van der Waals surface area contributed by atoms with Crippen LogP contribution in [0.4, 0.5) is 17.1 Å². The van der Waals surface area contributed by atoms with Gasteiger partial charge in [0.15, 0.2) is 0 Å². The van der Waals surface area contributed by atoms with Gasteiger partial charge in [0, 0.05) is 0 Å². The van der Waals surface area contributed by atoms with Crippen molar-refractivity contribution >= 4 is 87.9 Å². The number of hydrogen-bond acceptors (Lipinski definition) is 20. The zero-order valence-corrected chi connectivity index (χ0v) is 29.5. The lowest BCUT2D eigenvalue weighted by atomic mass is 10.3. The summed E-state index contributed by atoms with van der Waals surface area (Å²) in [5, 5.41) is 0. The molecule has 0 aliphatic rings. The first kappa shape index (κ1) is 40.9. The molecule has 0 saturated carbocycles. The van der Waals surface area contributed by atoms with Crippen molar-refractivity contribution in [3.05, 3.63) is 54.6 Å². The highest BCUT2D eigenvalue weighted by Gasteiger charge is 2.26. The molecule has 0 saturated heterocycles. The van der Waals surface area contributed by atoms with Crippen molar-refractivity contribution < 1.29 is 90.0 Å². The minimum absolute atomic E-state index is 0.287. The Morgan fingerprint density at radius 2 is 0.600 bits per heavy atom. The average Bonchev–Trinajstić information content (AvgIpc) is 2.95. The van der Waals surface area contributed by atoms with Crippen LogP contribution < -0.4 is 16.4 Å². The maximum Gasteiger partial charge on any atom is 0.317 e. The van der Waals surface area contributed by atoms with E-state index < -0.39 is 117 Å². The molecule has 50 heavy (non-hydrogen) atoms. The van der Waals surface area contributed by atoms with Crippen LogP contribution in [0.3, 0.4) is 0 Å². The van der Waals surface area contributed by atoms with Crippen LogP contribution in [-0.4, -0.2) is 83.4 Å². The largest absolute Gasteiger partial charge is 0.317 e. The van der Waals surface area contributed by atoms with Crippen LogP contribution in [0.5, 0.6) is 0 Å². The summed E-state index contributed by atoms with van der Waals surface area (Å²) in [5.41, 5.74) is 2.46. The first-order valence-corrected chi connectivity index (χ1v) is 22.1. The van der Waals surface area contributed by atoms with Crippen LogP contribution >= 0.6 is 0 Å². The molecule has 3 aromatic carbocycles. The summed E-state index contributed by atoms with van der Waals surface area (Å²) in [5.74, 6) is 0. The van der Waals surface area contributed by atoms with Gasteiger partial charge in [0.05, 0.1) is 52.7 Å². The summed E-state index contributed by atoms with van der Waals surface area (Å²) < 4.78 is 218. The standard InChI is InChI=1S/C19H19N3O21S7/c1-44(23,24)41-20-13-6-18(49(37,38)42-21-11-2-14(45(25,26)27)8-15(3-11)46(28,29)30)10-19(7-13)50(39,40)43-22-12-4-16(47(31,32)33)9-17(5-12)48(34,35)36/h2-10,20-22H,1H3,(H,25,26,27)(H,28,29,30)(H,31,32,33)(H,34,35,36). The smallest absolute Gasteiger partial charge is 0.282 e. The average molecular weight is 850 g/mol. The molecule has 3 rings (SSSR count). The Morgan fingerprint density at radius 1 is 0.380 bits per heavy atom. The van der Waals surface area contributed by atoms with Crippen molar-refractivity contribution in [2.45, 2.75) is 29.4 Å². The molecular formula is C19H19N3O21S7. The van der Waals surface area contributed by atoms with Gasteiger partial charge in [-0.15, -0.1) is 8.57 Å². The molecular weight excluding hydrogens is 831 g/mol. The number of anilines is 3. The predicted molar refractivity (Wildman–Crippen MR) is 162 cm³/mol. The molecule has 0 heterocycles. The van der Waals surface area contributed by atoms with Crippen LogP contribution in [0.25, 0.3) is 0 Å². The summed E-state index contributed by atoms with van der Waals surface area (Å²) in [7, 11) is -35.7. The number of hydrogen-bond donors (Lipinski definition) is 7. The molecule has 0 aliphatic carbocycles. The third-order valence-corrected chi connectivity index (χ3v) is 11.2. The van der Waals surface area contributed by atoms with Gasteiger partial charge < -0.3 is 0 Å². The van der Waals surface area contributed by atoms with Crippen molar-refractivity contribution in [2.75, 3.05) is 22.7 Å². The third kappa shape index (κ3) is 11.2. The second-order valence-corrected chi connectivity index (χ2v) is 19.5. The van der Waals surface area contributed by atoms with Crippen LogP contribution in [0.1, 0.15) is 0 Å². The zero-order chi connectivity index (χ0) is 38.3. The molecule has 278 valence electrons. The van der Waals surface area contributed by atoms with Crippen molar-refractivity contribution in [3.8, 4) is 0 Å². The van der Waals surface area contributed by atoms with E-state index in [1.54, 1.807) is 16.4 Å². The molecule has 0 amide bonds. The van der Waals surface area contributed by atoms with Gasteiger partial charge in [-0.25, -0.2) is 16.4 Å². The first-order valence-electron chi connectivity index (χ1n) is 11.8. The zero-order valence-electron chi connectivity index (χ0n) is 23.8. The third-order valence-electron chi connectivity index (χ3n) is 5.26. The molecule has 0 radical (unpaired) electrons. The summed E-state index contributed by atoms with van der Waals surface area (Å²) >= 11 is 0. The van der Waals surface area contributed by atoms with Gasteiger partial charge in [-0.05, 0) is 54.6 Å². The molecule has 0 unspecified atom stereocenters. The van der Waals surface area contributed by atoms with Crippen molar-refractivity contribution in [1.82, 2.24) is 0 Å². The van der Waals surface area contributed by atoms with Crippen LogP contribution in [0.2, 0.25) is 0 Å². The predicted octanol–water partition coefficient (Wildman–Crippen LogP) is -0.559. The lowest BCUT2D eigenvalue weighted by molar-refractivity contribution is 0.388. The second-order valence-electron chi connectivity index (χ2n) is 9.15. The highest BCUT2D eigenvalue weighted by atomic mass is 32.2. The Bertz CT molecular complexity index is 2380. The fraction of sp³-hybridized carbons (Fsp3) is 0.0526. The van der Waals surface area contributed by atoms with Crippen molar-refractivity contribution in [2.24, 2.45) is 0 Å².